The number of nitrogens with one attached hydrogen (secondary N) is 2. The Morgan fingerprint density at radius 1 is 0.618 bits per heavy atom. The molecule has 3 aromatic rings. The second kappa shape index (κ2) is 10.2. The topological polar surface area (TPSA) is 151 Å². The lowest BCUT2D eigenvalue weighted by Gasteiger charge is -2.15. The zero-order chi connectivity index (χ0) is 24.8. The van der Waals surface area contributed by atoms with Crippen molar-refractivity contribution in [3.63, 3.8) is 0 Å². The number of carbonyl (C=O) groups is 4. The molecule has 0 aromatic heterocycles. The van der Waals surface area contributed by atoms with Crippen LogP contribution in [0.3, 0.4) is 0 Å². The quantitative estimate of drug-likeness (QED) is 0.395. The molecule has 10 nitrogen and oxygen atoms in total. The van der Waals surface area contributed by atoms with Crippen molar-refractivity contribution in [2.24, 2.45) is 0 Å². The lowest BCUT2D eigenvalue weighted by atomic mass is 10.1. The first-order chi connectivity index (χ1) is 16.2. The molecule has 0 unspecified atom stereocenters. The van der Waals surface area contributed by atoms with Crippen molar-refractivity contribution in [1.82, 2.24) is 0 Å². The first-order valence-corrected chi connectivity index (χ1v) is 9.79. The van der Waals surface area contributed by atoms with Crippen LogP contribution in [-0.4, -0.2) is 48.2 Å². The van der Waals surface area contributed by atoms with Gasteiger partial charge in [-0.15, -0.1) is 0 Å². The summed E-state index contributed by atoms with van der Waals surface area (Å²) in [7, 11) is 2.72. The maximum atomic E-state index is 12.9. The summed E-state index contributed by atoms with van der Waals surface area (Å²) in [5, 5.41) is 23.3. The number of carboxylic acid groups (broad SMARTS) is 2. The van der Waals surface area contributed by atoms with Crippen molar-refractivity contribution in [2.45, 2.75) is 0 Å². The van der Waals surface area contributed by atoms with Crippen molar-refractivity contribution in [2.75, 3.05) is 24.9 Å². The van der Waals surface area contributed by atoms with Gasteiger partial charge in [0.05, 0.1) is 36.5 Å². The number of benzene rings is 3. The van der Waals surface area contributed by atoms with Crippen LogP contribution in [0, 0.1) is 0 Å². The van der Waals surface area contributed by atoms with Gasteiger partial charge in [-0.1, -0.05) is 0 Å². The second-order valence-corrected chi connectivity index (χ2v) is 6.93. The third-order valence-corrected chi connectivity index (χ3v) is 4.79. The fourth-order valence-electron chi connectivity index (χ4n) is 3.04. The van der Waals surface area contributed by atoms with Gasteiger partial charge >= 0.3 is 11.9 Å². The Kier molecular flexibility index (Phi) is 7.12. The minimum absolute atomic E-state index is 0.0389. The SMILES string of the molecule is COc1cc(OC)c(C(=O)Nc2ccc(C(=O)O)cc2)cc1C(=O)Nc1ccc(C(=O)O)cc1. The molecule has 0 fully saturated rings. The molecular formula is C24H20N2O8. The minimum atomic E-state index is -1.09. The molecule has 3 rings (SSSR count). The molecule has 0 bridgehead atoms. The highest BCUT2D eigenvalue weighted by Crippen LogP contribution is 2.30. The van der Waals surface area contributed by atoms with Gasteiger partial charge in [-0.3, -0.25) is 9.59 Å². The average Bonchev–Trinajstić information content (AvgIpc) is 2.83. The van der Waals surface area contributed by atoms with Crippen molar-refractivity contribution >= 4 is 35.1 Å². The van der Waals surface area contributed by atoms with Gasteiger partial charge in [0.15, 0.2) is 0 Å². The summed E-state index contributed by atoms with van der Waals surface area (Å²) in [5.74, 6) is -3.08. The number of hydrogen-bond donors (Lipinski definition) is 4. The Morgan fingerprint density at radius 3 is 1.26 bits per heavy atom. The van der Waals surface area contributed by atoms with E-state index in [-0.39, 0.29) is 33.8 Å². The molecule has 0 saturated carbocycles. The smallest absolute Gasteiger partial charge is 0.335 e. The van der Waals surface area contributed by atoms with Crippen LogP contribution in [0.4, 0.5) is 11.4 Å². The van der Waals surface area contributed by atoms with E-state index in [4.69, 9.17) is 19.7 Å². The van der Waals surface area contributed by atoms with Crippen LogP contribution < -0.4 is 20.1 Å². The van der Waals surface area contributed by atoms with Gasteiger partial charge in [-0.2, -0.15) is 0 Å². The summed E-state index contributed by atoms with van der Waals surface area (Å²) >= 11 is 0. The number of carbonyl (C=O) groups excluding carboxylic acids is 2. The molecule has 34 heavy (non-hydrogen) atoms. The van der Waals surface area contributed by atoms with Crippen LogP contribution in [0.25, 0.3) is 0 Å². The van der Waals surface area contributed by atoms with Gasteiger partial charge in [0, 0.05) is 17.4 Å². The minimum Gasteiger partial charge on any atom is -0.496 e. The second-order valence-electron chi connectivity index (χ2n) is 6.93. The van der Waals surface area contributed by atoms with E-state index in [0.29, 0.717) is 11.4 Å². The summed E-state index contributed by atoms with van der Waals surface area (Å²) in [6.45, 7) is 0. The van der Waals surface area contributed by atoms with E-state index in [2.05, 4.69) is 10.6 Å². The Morgan fingerprint density at radius 2 is 0.971 bits per heavy atom. The van der Waals surface area contributed by atoms with E-state index in [1.165, 1.54) is 74.9 Å². The molecular weight excluding hydrogens is 444 g/mol. The van der Waals surface area contributed by atoms with Crippen LogP contribution in [-0.2, 0) is 0 Å². The lowest BCUT2D eigenvalue weighted by molar-refractivity contribution is 0.0686. The van der Waals surface area contributed by atoms with E-state index in [9.17, 15) is 19.2 Å². The summed E-state index contributed by atoms with van der Waals surface area (Å²) in [5.41, 5.74) is 0.898. The molecule has 0 aliphatic rings. The molecule has 0 saturated heterocycles. The maximum absolute atomic E-state index is 12.9. The largest absolute Gasteiger partial charge is 0.496 e. The fourth-order valence-corrected chi connectivity index (χ4v) is 3.04. The highest BCUT2D eigenvalue weighted by molar-refractivity contribution is 6.11. The van der Waals surface area contributed by atoms with E-state index in [1.54, 1.807) is 0 Å². The van der Waals surface area contributed by atoms with Gasteiger partial charge in [-0.25, -0.2) is 9.59 Å². The molecule has 2 amide bonds. The highest BCUT2D eigenvalue weighted by Gasteiger charge is 2.21. The third-order valence-electron chi connectivity index (χ3n) is 4.79. The van der Waals surface area contributed by atoms with E-state index in [0.717, 1.165) is 0 Å². The van der Waals surface area contributed by atoms with Crippen LogP contribution >= 0.6 is 0 Å². The van der Waals surface area contributed by atoms with Crippen LogP contribution in [0.5, 0.6) is 11.5 Å². The lowest BCUT2D eigenvalue weighted by Crippen LogP contribution is -2.18. The number of aromatic carboxylic acids is 2. The van der Waals surface area contributed by atoms with Gasteiger partial charge in [0.1, 0.15) is 11.5 Å². The predicted molar refractivity (Wildman–Crippen MR) is 122 cm³/mol. The number of ether oxygens (including phenoxy) is 2. The van der Waals surface area contributed by atoms with Gasteiger partial charge in [0.2, 0.25) is 0 Å². The number of amides is 2. The van der Waals surface area contributed by atoms with E-state index >= 15 is 0 Å². The molecule has 4 N–H and O–H groups in total. The van der Waals surface area contributed by atoms with Crippen molar-refractivity contribution in [3.05, 3.63) is 82.9 Å². The Balaban J connectivity index is 1.89. The Hall–Kier alpha value is -4.86. The number of anilines is 2. The molecule has 0 radical (unpaired) electrons. The Bertz CT molecular complexity index is 1160. The van der Waals surface area contributed by atoms with Crippen molar-refractivity contribution in [1.29, 1.82) is 0 Å². The Labute approximate surface area is 193 Å². The summed E-state index contributed by atoms with van der Waals surface area (Å²) in [6, 6.07) is 13.8. The highest BCUT2D eigenvalue weighted by atomic mass is 16.5. The number of methoxy groups -OCH3 is 2. The van der Waals surface area contributed by atoms with Crippen molar-refractivity contribution < 1.29 is 38.9 Å². The molecule has 10 heteroatoms. The van der Waals surface area contributed by atoms with Gasteiger partial charge in [0.25, 0.3) is 11.8 Å². The number of carboxylic acids is 2. The molecule has 0 atom stereocenters. The van der Waals surface area contributed by atoms with E-state index < -0.39 is 23.8 Å². The summed E-state index contributed by atoms with van der Waals surface area (Å²) in [6.07, 6.45) is 0. The number of rotatable bonds is 8. The summed E-state index contributed by atoms with van der Waals surface area (Å²) in [4.78, 5) is 47.8. The molecule has 174 valence electrons. The zero-order valence-corrected chi connectivity index (χ0v) is 18.1. The molecule has 0 aliphatic heterocycles. The van der Waals surface area contributed by atoms with E-state index in [1.807, 2.05) is 0 Å². The fraction of sp³-hybridized carbons (Fsp3) is 0.0833. The van der Waals surface area contributed by atoms with Crippen molar-refractivity contribution in [3.8, 4) is 11.5 Å². The summed E-state index contributed by atoms with van der Waals surface area (Å²) < 4.78 is 10.6. The van der Waals surface area contributed by atoms with Crippen LogP contribution in [0.15, 0.2) is 60.7 Å². The van der Waals surface area contributed by atoms with Gasteiger partial charge in [-0.05, 0) is 54.6 Å². The zero-order valence-electron chi connectivity index (χ0n) is 18.1. The molecule has 3 aromatic carbocycles. The van der Waals surface area contributed by atoms with Crippen LogP contribution in [0.2, 0.25) is 0 Å². The van der Waals surface area contributed by atoms with Gasteiger partial charge < -0.3 is 30.3 Å². The standard InChI is InChI=1S/C24H20N2O8/c1-33-19-12-20(34-2)18(22(28)26-16-9-5-14(6-10-16)24(31)32)11-17(19)21(27)25-15-7-3-13(4-8-15)23(29)30/h3-12H,1-2H3,(H,25,27)(H,26,28)(H,29,30)(H,31,32). The molecule has 0 spiro atoms. The first-order valence-electron chi connectivity index (χ1n) is 9.79. The monoisotopic (exact) mass is 464 g/mol. The third kappa shape index (κ3) is 5.30. The van der Waals surface area contributed by atoms with Crippen LogP contribution in [0.1, 0.15) is 41.4 Å². The molecule has 0 heterocycles. The number of hydrogen-bond acceptors (Lipinski definition) is 6. The molecule has 0 aliphatic carbocycles. The predicted octanol–water partition coefficient (Wildman–Crippen LogP) is 3.60. The average molecular weight is 464 g/mol. The first kappa shape index (κ1) is 23.8. The maximum Gasteiger partial charge on any atom is 0.335 e. The normalized spacial score (nSPS) is 10.2.